The number of amides is 1. The number of aromatic nitrogens is 4. The molecule has 1 unspecified atom stereocenters. The van der Waals surface area contributed by atoms with Gasteiger partial charge in [0.15, 0.2) is 0 Å². The fourth-order valence-electron chi connectivity index (χ4n) is 3.76. The highest BCUT2D eigenvalue weighted by atomic mass is 35.5. The van der Waals surface area contributed by atoms with Gasteiger partial charge in [0.05, 0.1) is 6.54 Å². The highest BCUT2D eigenvalue weighted by Gasteiger charge is 2.19. The van der Waals surface area contributed by atoms with E-state index in [1.54, 1.807) is 12.4 Å². The Morgan fingerprint density at radius 1 is 1.14 bits per heavy atom. The molecular formula is C21H27ClN6O. The first-order valence-corrected chi connectivity index (χ1v) is 9.83. The maximum absolute atomic E-state index is 12.5. The Balaban J connectivity index is 0.00000240. The van der Waals surface area contributed by atoms with Crippen LogP contribution in [0.4, 0.5) is 0 Å². The molecule has 1 fully saturated rings. The van der Waals surface area contributed by atoms with Gasteiger partial charge in [0.25, 0.3) is 0 Å². The summed E-state index contributed by atoms with van der Waals surface area (Å²) in [6.45, 7) is 3.46. The minimum atomic E-state index is -0.0254. The van der Waals surface area contributed by atoms with E-state index in [4.69, 9.17) is 0 Å². The van der Waals surface area contributed by atoms with Crippen LogP contribution in [-0.4, -0.2) is 38.6 Å². The Bertz CT molecular complexity index is 902. The molecule has 1 atom stereocenters. The third-order valence-corrected chi connectivity index (χ3v) is 5.24. The predicted molar refractivity (Wildman–Crippen MR) is 114 cm³/mol. The summed E-state index contributed by atoms with van der Waals surface area (Å²) in [5, 5.41) is 15.1. The van der Waals surface area contributed by atoms with Gasteiger partial charge in [-0.05, 0) is 42.6 Å². The molecule has 29 heavy (non-hydrogen) atoms. The van der Waals surface area contributed by atoms with Crippen LogP contribution >= 0.6 is 12.4 Å². The lowest BCUT2D eigenvalue weighted by Gasteiger charge is -2.23. The van der Waals surface area contributed by atoms with Crippen LogP contribution in [0, 0.1) is 0 Å². The lowest BCUT2D eigenvalue weighted by molar-refractivity contribution is -0.122. The summed E-state index contributed by atoms with van der Waals surface area (Å²) in [4.78, 5) is 12.5. The number of benzene rings is 1. The zero-order chi connectivity index (χ0) is 19.2. The zero-order valence-electron chi connectivity index (χ0n) is 16.3. The fraction of sp³-hybridized carbons (Fsp3) is 0.381. The summed E-state index contributed by atoms with van der Waals surface area (Å²) in [6, 6.07) is 12.1. The molecule has 1 aliphatic rings. The molecule has 1 amide bonds. The number of nitrogens with zero attached hydrogens (tertiary/aromatic N) is 4. The number of carbonyl (C=O) groups excluding carboxylic acids is 1. The Hall–Kier alpha value is -2.64. The molecule has 3 heterocycles. The van der Waals surface area contributed by atoms with Gasteiger partial charge in [0.2, 0.25) is 5.91 Å². The van der Waals surface area contributed by atoms with Crippen LogP contribution in [-0.2, 0) is 24.4 Å². The normalized spacial score (nSPS) is 16.2. The van der Waals surface area contributed by atoms with E-state index >= 15 is 0 Å². The first kappa shape index (κ1) is 21.1. The average Bonchev–Trinajstić information content (AvgIpc) is 3.40. The molecule has 3 aromatic rings. The largest absolute Gasteiger partial charge is 0.350 e. The smallest absolute Gasteiger partial charge is 0.242 e. The van der Waals surface area contributed by atoms with Crippen molar-refractivity contribution in [3.63, 3.8) is 0 Å². The number of hydrogen-bond donors (Lipinski definition) is 2. The second-order valence-corrected chi connectivity index (χ2v) is 7.21. The number of hydrogen-bond acceptors (Lipinski definition) is 4. The highest BCUT2D eigenvalue weighted by molar-refractivity contribution is 5.85. The first-order chi connectivity index (χ1) is 13.8. The second-order valence-electron chi connectivity index (χ2n) is 7.21. The van der Waals surface area contributed by atoms with Crippen LogP contribution in [0.2, 0.25) is 0 Å². The van der Waals surface area contributed by atoms with E-state index < -0.39 is 0 Å². The molecule has 154 valence electrons. The molecule has 8 heteroatoms. The van der Waals surface area contributed by atoms with Crippen molar-refractivity contribution in [1.82, 2.24) is 30.2 Å². The number of rotatable bonds is 7. The van der Waals surface area contributed by atoms with Crippen molar-refractivity contribution in [1.29, 1.82) is 0 Å². The summed E-state index contributed by atoms with van der Waals surface area (Å²) >= 11 is 0. The molecule has 0 aliphatic carbocycles. The molecule has 1 saturated heterocycles. The van der Waals surface area contributed by atoms with Gasteiger partial charge < -0.3 is 10.6 Å². The minimum absolute atomic E-state index is 0. The average molecular weight is 415 g/mol. The summed E-state index contributed by atoms with van der Waals surface area (Å²) in [5.74, 6) is 0.404. The molecule has 7 nitrogen and oxygen atoms in total. The second kappa shape index (κ2) is 10.2. The van der Waals surface area contributed by atoms with Crippen molar-refractivity contribution in [3.8, 4) is 0 Å². The quantitative estimate of drug-likeness (QED) is 0.622. The minimum Gasteiger partial charge on any atom is -0.350 e. The topological polar surface area (TPSA) is 76.8 Å². The van der Waals surface area contributed by atoms with E-state index in [1.807, 2.05) is 45.9 Å². The number of carbonyl (C=O) groups is 1. The number of piperidine rings is 1. The van der Waals surface area contributed by atoms with Crippen LogP contribution in [0.5, 0.6) is 0 Å². The molecule has 0 radical (unpaired) electrons. The molecular weight excluding hydrogens is 388 g/mol. The van der Waals surface area contributed by atoms with Crippen LogP contribution in [0.25, 0.3) is 0 Å². The SMILES string of the molecule is Cl.O=C(Cn1nccc1C1CCCNC1)NCc1ccccc1Cn1cccn1. The third-order valence-electron chi connectivity index (χ3n) is 5.24. The van der Waals surface area contributed by atoms with Crippen LogP contribution in [0.15, 0.2) is 55.0 Å². The van der Waals surface area contributed by atoms with E-state index in [2.05, 4.69) is 26.9 Å². The standard InChI is InChI=1S/C21H26N6O.ClH/c28-21(16-27-20(8-11-25-27)18-7-3-9-22-13-18)23-14-17-5-1-2-6-19(17)15-26-12-4-10-24-26;/h1-2,4-6,8,10-12,18,22H,3,7,9,13-16H2,(H,23,28);1H. The zero-order valence-corrected chi connectivity index (χ0v) is 17.1. The van der Waals surface area contributed by atoms with Gasteiger partial charge >= 0.3 is 0 Å². The molecule has 1 aliphatic heterocycles. The Labute approximate surface area is 176 Å². The number of halogens is 1. The van der Waals surface area contributed by atoms with Crippen molar-refractivity contribution >= 4 is 18.3 Å². The Kier molecular flexibility index (Phi) is 7.43. The molecule has 0 spiro atoms. The summed E-state index contributed by atoms with van der Waals surface area (Å²) in [7, 11) is 0. The molecule has 0 bridgehead atoms. The molecule has 0 saturated carbocycles. The van der Waals surface area contributed by atoms with Crippen LogP contribution in [0.1, 0.15) is 35.6 Å². The van der Waals surface area contributed by atoms with E-state index in [-0.39, 0.29) is 24.9 Å². The van der Waals surface area contributed by atoms with E-state index in [9.17, 15) is 4.79 Å². The van der Waals surface area contributed by atoms with Crippen molar-refractivity contribution < 1.29 is 4.79 Å². The van der Waals surface area contributed by atoms with Gasteiger partial charge in [-0.1, -0.05) is 24.3 Å². The summed E-state index contributed by atoms with van der Waals surface area (Å²) < 4.78 is 3.72. The molecule has 4 rings (SSSR count). The van der Waals surface area contributed by atoms with Gasteiger partial charge in [-0.15, -0.1) is 12.4 Å². The van der Waals surface area contributed by atoms with Crippen LogP contribution < -0.4 is 10.6 Å². The predicted octanol–water partition coefficient (Wildman–Crippen LogP) is 2.33. The van der Waals surface area contributed by atoms with Crippen molar-refractivity contribution in [2.75, 3.05) is 13.1 Å². The third kappa shape index (κ3) is 5.46. The summed E-state index contributed by atoms with van der Waals surface area (Å²) in [5.41, 5.74) is 3.39. The van der Waals surface area contributed by atoms with Crippen LogP contribution in [0.3, 0.4) is 0 Å². The highest BCUT2D eigenvalue weighted by Crippen LogP contribution is 2.22. The molecule has 2 N–H and O–H groups in total. The van der Waals surface area contributed by atoms with Gasteiger partial charge in [-0.2, -0.15) is 10.2 Å². The van der Waals surface area contributed by atoms with Gasteiger partial charge in [0.1, 0.15) is 6.54 Å². The van der Waals surface area contributed by atoms with Gasteiger partial charge in [0, 0.05) is 43.3 Å². The van der Waals surface area contributed by atoms with E-state index in [0.29, 0.717) is 19.0 Å². The van der Waals surface area contributed by atoms with Crippen molar-refractivity contribution in [2.24, 2.45) is 0 Å². The lowest BCUT2D eigenvalue weighted by Crippen LogP contribution is -2.32. The maximum Gasteiger partial charge on any atom is 0.242 e. The molecule has 2 aromatic heterocycles. The lowest BCUT2D eigenvalue weighted by atomic mass is 9.96. The maximum atomic E-state index is 12.5. The van der Waals surface area contributed by atoms with Crippen molar-refractivity contribution in [2.45, 2.75) is 38.4 Å². The van der Waals surface area contributed by atoms with Crippen molar-refractivity contribution in [3.05, 3.63) is 71.8 Å². The van der Waals surface area contributed by atoms with Gasteiger partial charge in [-0.3, -0.25) is 14.2 Å². The van der Waals surface area contributed by atoms with E-state index in [1.165, 1.54) is 0 Å². The monoisotopic (exact) mass is 414 g/mol. The Morgan fingerprint density at radius 3 is 2.76 bits per heavy atom. The first-order valence-electron chi connectivity index (χ1n) is 9.83. The summed E-state index contributed by atoms with van der Waals surface area (Å²) in [6.07, 6.45) is 7.80. The number of nitrogens with one attached hydrogen (secondary N) is 2. The Morgan fingerprint density at radius 2 is 2.00 bits per heavy atom. The fourth-order valence-corrected chi connectivity index (χ4v) is 3.76. The van der Waals surface area contributed by atoms with E-state index in [0.717, 1.165) is 42.8 Å². The molecule has 1 aromatic carbocycles. The van der Waals surface area contributed by atoms with Gasteiger partial charge in [-0.25, -0.2) is 0 Å².